The Hall–Kier alpha value is -5.51. The van der Waals surface area contributed by atoms with Crippen LogP contribution in [0.5, 0.6) is 0 Å². The normalized spacial score (nSPS) is 11.9. The Balaban J connectivity index is 1.22. The fourth-order valence-corrected chi connectivity index (χ4v) is 6.34. The topological polar surface area (TPSA) is 100 Å². The molecule has 3 N–H and O–H groups in total. The second kappa shape index (κ2) is 14.5. The van der Waals surface area contributed by atoms with E-state index < -0.39 is 17.1 Å². The summed E-state index contributed by atoms with van der Waals surface area (Å²) in [7, 11) is 0. The second-order valence-electron chi connectivity index (χ2n) is 10.2. The van der Waals surface area contributed by atoms with Crippen molar-refractivity contribution in [2.75, 3.05) is 10.6 Å². The monoisotopic (exact) mass is 640 g/mol. The molecule has 5 aromatic carbocycles. The van der Waals surface area contributed by atoms with Gasteiger partial charge in [-0.1, -0.05) is 91.0 Å². The van der Waals surface area contributed by atoms with Crippen LogP contribution in [0.1, 0.15) is 26.7 Å². The van der Waals surface area contributed by atoms with Gasteiger partial charge in [-0.05, 0) is 64.4 Å². The van der Waals surface area contributed by atoms with Crippen LogP contribution < -0.4 is 16.0 Å². The van der Waals surface area contributed by atoms with Crippen molar-refractivity contribution < 1.29 is 14.4 Å². The molecule has 0 saturated carbocycles. The van der Waals surface area contributed by atoms with Crippen LogP contribution >= 0.6 is 23.1 Å². The summed E-state index contributed by atoms with van der Waals surface area (Å²) in [6, 6.07) is 39.2. The molecule has 0 spiro atoms. The van der Waals surface area contributed by atoms with Crippen molar-refractivity contribution in [2.24, 2.45) is 0 Å². The van der Waals surface area contributed by atoms with Crippen LogP contribution in [0.3, 0.4) is 0 Å². The van der Waals surface area contributed by atoms with Crippen LogP contribution in [0.4, 0.5) is 10.8 Å². The molecule has 1 heterocycles. The summed E-state index contributed by atoms with van der Waals surface area (Å²) >= 11 is 2.76. The van der Waals surface area contributed by atoms with E-state index in [-0.39, 0.29) is 11.6 Å². The predicted octanol–water partition coefficient (Wildman–Crippen LogP) is 8.18. The molecule has 1 aromatic heterocycles. The third kappa shape index (κ3) is 7.58. The molecule has 0 radical (unpaired) electrons. The number of carbonyl (C=O) groups excluding carboxylic acids is 3. The van der Waals surface area contributed by atoms with Gasteiger partial charge in [0.1, 0.15) is 10.9 Å². The molecule has 0 saturated heterocycles. The SMILES string of the molecule is O=C(Nc1ccc(SC(C(=O)Nc2nccs2)c2ccccc2)cc1)/C(=C/c1cccc2ccccc12)NC(=O)c1ccccc1. The van der Waals surface area contributed by atoms with E-state index in [4.69, 9.17) is 0 Å². The van der Waals surface area contributed by atoms with Crippen molar-refractivity contribution in [3.63, 3.8) is 0 Å². The van der Waals surface area contributed by atoms with Crippen molar-refractivity contribution in [2.45, 2.75) is 10.1 Å². The number of nitrogens with one attached hydrogen (secondary N) is 3. The molecule has 0 aliphatic heterocycles. The van der Waals surface area contributed by atoms with Crippen molar-refractivity contribution in [1.29, 1.82) is 0 Å². The Morgan fingerprint density at radius 1 is 0.739 bits per heavy atom. The number of thioether (sulfide) groups is 1. The highest BCUT2D eigenvalue weighted by atomic mass is 32.2. The molecule has 9 heteroatoms. The highest BCUT2D eigenvalue weighted by Crippen LogP contribution is 2.37. The minimum Gasteiger partial charge on any atom is -0.321 e. The summed E-state index contributed by atoms with van der Waals surface area (Å²) in [5.74, 6) is -1.04. The van der Waals surface area contributed by atoms with Gasteiger partial charge in [0.15, 0.2) is 5.13 Å². The molecule has 3 amide bonds. The lowest BCUT2D eigenvalue weighted by Gasteiger charge is -2.17. The minimum absolute atomic E-state index is 0.103. The zero-order valence-corrected chi connectivity index (χ0v) is 26.1. The third-order valence-electron chi connectivity index (χ3n) is 7.02. The number of aromatic nitrogens is 1. The van der Waals surface area contributed by atoms with Gasteiger partial charge >= 0.3 is 0 Å². The summed E-state index contributed by atoms with van der Waals surface area (Å²) in [5, 5.41) is 12.4. The Bertz CT molecular complexity index is 1990. The lowest BCUT2D eigenvalue weighted by Crippen LogP contribution is -2.30. The molecule has 0 fully saturated rings. The molecule has 1 atom stereocenters. The number of carbonyl (C=O) groups is 3. The van der Waals surface area contributed by atoms with Crippen LogP contribution in [-0.2, 0) is 9.59 Å². The maximum atomic E-state index is 13.7. The molecule has 7 nitrogen and oxygen atoms in total. The fraction of sp³-hybridized carbons (Fsp3) is 0.0270. The summed E-state index contributed by atoms with van der Waals surface area (Å²) in [6.07, 6.45) is 3.34. The summed E-state index contributed by atoms with van der Waals surface area (Å²) < 4.78 is 0. The molecule has 0 aliphatic carbocycles. The number of hydrogen-bond acceptors (Lipinski definition) is 6. The van der Waals surface area contributed by atoms with E-state index in [9.17, 15) is 14.4 Å². The van der Waals surface area contributed by atoms with Crippen molar-refractivity contribution in [1.82, 2.24) is 10.3 Å². The van der Waals surface area contributed by atoms with E-state index in [1.165, 1.54) is 23.1 Å². The number of thiazole rings is 1. The van der Waals surface area contributed by atoms with E-state index in [0.717, 1.165) is 26.8 Å². The quantitative estimate of drug-likeness (QED) is 0.104. The van der Waals surface area contributed by atoms with E-state index in [1.807, 2.05) is 96.4 Å². The van der Waals surface area contributed by atoms with Gasteiger partial charge in [-0.25, -0.2) is 4.98 Å². The third-order valence-corrected chi connectivity index (χ3v) is 8.98. The van der Waals surface area contributed by atoms with Gasteiger partial charge in [0.25, 0.3) is 11.8 Å². The molecule has 1 unspecified atom stereocenters. The van der Waals surface area contributed by atoms with Crippen LogP contribution in [0.2, 0.25) is 0 Å². The zero-order valence-electron chi connectivity index (χ0n) is 24.4. The molecule has 46 heavy (non-hydrogen) atoms. The molecule has 0 bridgehead atoms. The van der Waals surface area contributed by atoms with Crippen molar-refractivity contribution >= 4 is 68.5 Å². The molecular weight excluding hydrogens is 613 g/mol. The van der Waals surface area contributed by atoms with Gasteiger partial charge in [-0.15, -0.1) is 23.1 Å². The fourth-order valence-electron chi connectivity index (χ4n) is 4.78. The highest BCUT2D eigenvalue weighted by molar-refractivity contribution is 8.00. The van der Waals surface area contributed by atoms with E-state index in [0.29, 0.717) is 16.4 Å². The van der Waals surface area contributed by atoms with E-state index >= 15 is 0 Å². The standard InChI is InChI=1S/C37H28N4O3S2/c42-34(27-13-5-2-6-14-27)40-32(24-28-16-9-15-25-10-7-8-17-31(25)28)35(43)39-29-18-20-30(21-19-29)46-33(26-11-3-1-4-12-26)36(44)41-37-38-22-23-45-37/h1-24,33H,(H,39,43)(H,40,42)(H,38,41,44)/b32-24-. The Morgan fingerprint density at radius 2 is 1.43 bits per heavy atom. The number of nitrogens with zero attached hydrogens (tertiary/aromatic N) is 1. The lowest BCUT2D eigenvalue weighted by atomic mass is 10.0. The number of benzene rings is 5. The Kier molecular flexibility index (Phi) is 9.63. The van der Waals surface area contributed by atoms with Gasteiger partial charge in [0.05, 0.1) is 0 Å². The molecule has 0 aliphatic rings. The van der Waals surface area contributed by atoms with Crippen LogP contribution in [-0.4, -0.2) is 22.7 Å². The number of hydrogen-bond donors (Lipinski definition) is 3. The van der Waals surface area contributed by atoms with Gasteiger partial charge in [0, 0.05) is 27.7 Å². The number of anilines is 2. The van der Waals surface area contributed by atoms with Crippen LogP contribution in [0, 0.1) is 0 Å². The summed E-state index contributed by atoms with van der Waals surface area (Å²) in [5.41, 5.74) is 2.73. The maximum Gasteiger partial charge on any atom is 0.272 e. The number of rotatable bonds is 10. The largest absolute Gasteiger partial charge is 0.321 e. The molecule has 6 aromatic rings. The number of fused-ring (bicyclic) bond motifs is 1. The molecule has 226 valence electrons. The van der Waals surface area contributed by atoms with Crippen LogP contribution in [0.15, 0.2) is 150 Å². The summed E-state index contributed by atoms with van der Waals surface area (Å²) in [4.78, 5) is 45.0. The van der Waals surface area contributed by atoms with Gasteiger partial charge in [-0.2, -0.15) is 0 Å². The van der Waals surface area contributed by atoms with Gasteiger partial charge in [-0.3, -0.25) is 14.4 Å². The average molecular weight is 641 g/mol. The first-order valence-electron chi connectivity index (χ1n) is 14.4. The maximum absolute atomic E-state index is 13.7. The van der Waals surface area contributed by atoms with Gasteiger partial charge < -0.3 is 16.0 Å². The first kappa shape index (κ1) is 30.5. The first-order chi connectivity index (χ1) is 22.5. The van der Waals surface area contributed by atoms with Crippen molar-refractivity contribution in [3.8, 4) is 0 Å². The van der Waals surface area contributed by atoms with E-state index in [1.54, 1.807) is 48.7 Å². The lowest BCUT2D eigenvalue weighted by molar-refractivity contribution is -0.116. The second-order valence-corrected chi connectivity index (χ2v) is 12.2. The highest BCUT2D eigenvalue weighted by Gasteiger charge is 2.23. The van der Waals surface area contributed by atoms with Gasteiger partial charge in [0.2, 0.25) is 5.91 Å². The smallest absolute Gasteiger partial charge is 0.272 e. The molecular formula is C37H28N4O3S2. The average Bonchev–Trinajstić information content (AvgIpc) is 3.61. The van der Waals surface area contributed by atoms with E-state index in [2.05, 4.69) is 20.9 Å². The summed E-state index contributed by atoms with van der Waals surface area (Å²) in [6.45, 7) is 0. The Morgan fingerprint density at radius 3 is 2.17 bits per heavy atom. The predicted molar refractivity (Wildman–Crippen MR) is 187 cm³/mol. The minimum atomic E-state index is -0.519. The molecule has 6 rings (SSSR count). The Labute approximate surface area is 274 Å². The number of amides is 3. The first-order valence-corrected chi connectivity index (χ1v) is 16.2. The van der Waals surface area contributed by atoms with Crippen LogP contribution in [0.25, 0.3) is 16.8 Å². The zero-order chi connectivity index (χ0) is 31.7. The van der Waals surface area contributed by atoms with Crippen molar-refractivity contribution in [3.05, 3.63) is 161 Å².